The van der Waals surface area contributed by atoms with E-state index in [1.54, 1.807) is 9.80 Å². The summed E-state index contributed by atoms with van der Waals surface area (Å²) in [5, 5.41) is 0.00743. The van der Waals surface area contributed by atoms with Crippen molar-refractivity contribution in [2.75, 3.05) is 0 Å². The van der Waals surface area contributed by atoms with Crippen molar-refractivity contribution >= 4 is 35.2 Å². The van der Waals surface area contributed by atoms with Crippen LogP contribution in [0.25, 0.3) is 0 Å². The van der Waals surface area contributed by atoms with Gasteiger partial charge in [0.05, 0.1) is 35.9 Å². The van der Waals surface area contributed by atoms with Gasteiger partial charge in [0.25, 0.3) is 0 Å². The molecule has 4 saturated carbocycles. The lowest BCUT2D eigenvalue weighted by Crippen LogP contribution is -2.45. The fourth-order valence-corrected chi connectivity index (χ4v) is 8.53. The van der Waals surface area contributed by atoms with Crippen molar-refractivity contribution in [1.82, 2.24) is 9.80 Å². The van der Waals surface area contributed by atoms with E-state index in [2.05, 4.69) is 0 Å². The van der Waals surface area contributed by atoms with Gasteiger partial charge in [0.1, 0.15) is 0 Å². The Morgan fingerprint density at radius 1 is 0.528 bits per heavy atom. The molecule has 2 heterocycles. The Labute approximate surface area is 218 Å². The van der Waals surface area contributed by atoms with E-state index in [9.17, 15) is 19.2 Å². The van der Waals surface area contributed by atoms with Gasteiger partial charge in [-0.15, -0.1) is 11.6 Å². The molecule has 198 valence electrons. The molecular weight excluding hydrogens is 480 g/mol. The number of hydrogen-bond donors (Lipinski definition) is 0. The SMILES string of the molecule is O=C1C2CCCCC2C(=O)N1C1CCC(OC2CCC(N3C(=O)C4CCC(Cl)CC4C3=O)CC2)CC1. The number of nitrogens with zero attached hydrogens (tertiary/aromatic N) is 2. The van der Waals surface area contributed by atoms with Crippen LogP contribution in [-0.4, -0.2) is 63.1 Å². The van der Waals surface area contributed by atoms with E-state index in [1.807, 2.05) is 0 Å². The maximum absolute atomic E-state index is 13.0. The van der Waals surface area contributed by atoms with Crippen LogP contribution in [0.5, 0.6) is 0 Å². The second-order valence-corrected chi connectivity index (χ2v) is 12.8. The topological polar surface area (TPSA) is 84.0 Å². The lowest BCUT2D eigenvalue weighted by molar-refractivity contribution is -0.144. The molecule has 5 atom stereocenters. The van der Waals surface area contributed by atoms with Crippen molar-refractivity contribution in [1.29, 1.82) is 0 Å². The molecule has 4 aliphatic carbocycles. The summed E-state index contributed by atoms with van der Waals surface area (Å²) >= 11 is 6.30. The van der Waals surface area contributed by atoms with Crippen LogP contribution in [0, 0.1) is 23.7 Å². The van der Waals surface area contributed by atoms with E-state index >= 15 is 0 Å². The standard InChI is InChI=1S/C28H39ClN2O5/c29-16-5-14-23-24(15-16)28(35)31(27(23)34)18-8-12-20(13-9-18)36-19-10-6-17(7-11-19)30-25(32)21-3-1-2-4-22(21)26(30)33/h16-24H,1-15H2. The minimum absolute atomic E-state index is 0.00360. The first-order valence-corrected chi connectivity index (χ1v) is 14.9. The Morgan fingerprint density at radius 2 is 0.944 bits per heavy atom. The number of likely N-dealkylation sites (tertiary alicyclic amines) is 2. The maximum Gasteiger partial charge on any atom is 0.233 e. The third-order valence-electron chi connectivity index (χ3n) is 10.2. The third kappa shape index (κ3) is 4.32. The lowest BCUT2D eigenvalue weighted by Gasteiger charge is -2.38. The highest BCUT2D eigenvalue weighted by Crippen LogP contribution is 2.43. The third-order valence-corrected chi connectivity index (χ3v) is 10.6. The van der Waals surface area contributed by atoms with Gasteiger partial charge in [0, 0.05) is 17.5 Å². The van der Waals surface area contributed by atoms with Crippen molar-refractivity contribution in [3.8, 4) is 0 Å². The van der Waals surface area contributed by atoms with Gasteiger partial charge in [-0.3, -0.25) is 29.0 Å². The van der Waals surface area contributed by atoms with Gasteiger partial charge in [-0.2, -0.15) is 0 Å². The number of ether oxygens (including phenoxy) is 1. The van der Waals surface area contributed by atoms with Crippen LogP contribution >= 0.6 is 11.6 Å². The number of carbonyl (C=O) groups is 4. The summed E-state index contributed by atoms with van der Waals surface area (Å²) in [4.78, 5) is 55.1. The second kappa shape index (κ2) is 10.0. The summed E-state index contributed by atoms with van der Waals surface area (Å²) < 4.78 is 6.47. The normalized spacial score (nSPS) is 43.6. The summed E-state index contributed by atoms with van der Waals surface area (Å²) in [6.07, 6.45) is 13.1. The van der Waals surface area contributed by atoms with E-state index in [4.69, 9.17) is 16.3 Å². The smallest absolute Gasteiger partial charge is 0.233 e. The van der Waals surface area contributed by atoms with Crippen molar-refractivity contribution < 1.29 is 23.9 Å². The molecular formula is C28H39ClN2O5. The monoisotopic (exact) mass is 518 g/mol. The summed E-state index contributed by atoms with van der Waals surface area (Å²) in [5.74, 6) is -0.299. The molecule has 7 nitrogen and oxygen atoms in total. The Balaban J connectivity index is 0.977. The molecule has 5 unspecified atom stereocenters. The van der Waals surface area contributed by atoms with Gasteiger partial charge in [0.15, 0.2) is 0 Å². The molecule has 8 heteroatoms. The fourth-order valence-electron chi connectivity index (χ4n) is 8.21. The number of halogens is 1. The Morgan fingerprint density at radius 3 is 1.42 bits per heavy atom. The summed E-state index contributed by atoms with van der Waals surface area (Å²) in [5.41, 5.74) is 0. The molecule has 6 fully saturated rings. The summed E-state index contributed by atoms with van der Waals surface area (Å²) in [7, 11) is 0. The minimum atomic E-state index is -0.212. The van der Waals surface area contributed by atoms with Gasteiger partial charge < -0.3 is 4.74 Å². The minimum Gasteiger partial charge on any atom is -0.375 e. The molecule has 0 aromatic heterocycles. The average Bonchev–Trinajstić information content (AvgIpc) is 3.29. The maximum atomic E-state index is 13.0. The number of amides is 4. The molecule has 0 aromatic rings. The molecule has 6 rings (SSSR count). The highest BCUT2D eigenvalue weighted by Gasteiger charge is 2.53. The first-order chi connectivity index (χ1) is 17.4. The van der Waals surface area contributed by atoms with Crippen molar-refractivity contribution in [2.24, 2.45) is 23.7 Å². The molecule has 6 aliphatic rings. The van der Waals surface area contributed by atoms with Crippen LogP contribution in [0.1, 0.15) is 96.3 Å². The van der Waals surface area contributed by atoms with Crippen LogP contribution < -0.4 is 0 Å². The second-order valence-electron chi connectivity index (χ2n) is 12.2. The van der Waals surface area contributed by atoms with Gasteiger partial charge in [-0.05, 0) is 83.5 Å². The van der Waals surface area contributed by atoms with Gasteiger partial charge in [-0.1, -0.05) is 12.8 Å². The van der Waals surface area contributed by atoms with E-state index in [0.717, 1.165) is 89.9 Å². The quantitative estimate of drug-likeness (QED) is 0.411. The van der Waals surface area contributed by atoms with E-state index in [-0.39, 0.29) is 77.0 Å². The van der Waals surface area contributed by atoms with Crippen molar-refractivity contribution in [3.05, 3.63) is 0 Å². The Hall–Kier alpha value is -1.47. The molecule has 0 N–H and O–H groups in total. The summed E-state index contributed by atoms with van der Waals surface area (Å²) in [6, 6.07) is 0.0326. The van der Waals surface area contributed by atoms with E-state index in [1.165, 1.54) is 0 Å². The number of alkyl halides is 1. The fraction of sp³-hybridized carbons (Fsp3) is 0.857. The van der Waals surface area contributed by atoms with Gasteiger partial charge in [0.2, 0.25) is 23.6 Å². The van der Waals surface area contributed by atoms with Crippen LogP contribution in [0.3, 0.4) is 0 Å². The molecule has 0 bridgehead atoms. The van der Waals surface area contributed by atoms with Crippen LogP contribution in [-0.2, 0) is 23.9 Å². The first-order valence-electron chi connectivity index (χ1n) is 14.5. The molecule has 0 spiro atoms. The van der Waals surface area contributed by atoms with E-state index < -0.39 is 0 Å². The Kier molecular flexibility index (Phi) is 6.91. The predicted molar refractivity (Wildman–Crippen MR) is 133 cm³/mol. The zero-order valence-electron chi connectivity index (χ0n) is 21.1. The first kappa shape index (κ1) is 24.8. The lowest BCUT2D eigenvalue weighted by atomic mass is 9.81. The number of rotatable bonds is 4. The highest BCUT2D eigenvalue weighted by atomic mass is 35.5. The van der Waals surface area contributed by atoms with Crippen LogP contribution in [0.4, 0.5) is 0 Å². The summed E-state index contributed by atoms with van der Waals surface area (Å²) in [6.45, 7) is 0. The molecule has 0 aromatic carbocycles. The highest BCUT2D eigenvalue weighted by molar-refractivity contribution is 6.21. The molecule has 0 radical (unpaired) electrons. The van der Waals surface area contributed by atoms with Crippen LogP contribution in [0.15, 0.2) is 0 Å². The largest absolute Gasteiger partial charge is 0.375 e. The zero-order valence-corrected chi connectivity index (χ0v) is 21.9. The Bertz CT molecular complexity index is 886. The van der Waals surface area contributed by atoms with E-state index in [0.29, 0.717) is 6.42 Å². The number of hydrogen-bond acceptors (Lipinski definition) is 5. The number of imide groups is 2. The van der Waals surface area contributed by atoms with Crippen molar-refractivity contribution in [2.45, 2.75) is 126 Å². The number of fused-ring (bicyclic) bond motifs is 2. The van der Waals surface area contributed by atoms with Gasteiger partial charge in [-0.25, -0.2) is 0 Å². The molecule has 36 heavy (non-hydrogen) atoms. The van der Waals surface area contributed by atoms with Gasteiger partial charge >= 0.3 is 0 Å². The average molecular weight is 519 g/mol. The number of carbonyl (C=O) groups excluding carboxylic acids is 4. The molecule has 4 amide bonds. The van der Waals surface area contributed by atoms with Crippen molar-refractivity contribution in [3.63, 3.8) is 0 Å². The zero-order chi connectivity index (χ0) is 25.0. The predicted octanol–water partition coefficient (Wildman–Crippen LogP) is 4.19. The molecule has 2 saturated heterocycles. The van der Waals surface area contributed by atoms with Crippen LogP contribution in [0.2, 0.25) is 0 Å². The molecule has 2 aliphatic heterocycles.